The third-order valence-electron chi connectivity index (χ3n) is 6.07. The predicted octanol–water partition coefficient (Wildman–Crippen LogP) is 4.75. The van der Waals surface area contributed by atoms with Gasteiger partial charge in [-0.1, -0.05) is 78.9 Å². The van der Waals surface area contributed by atoms with Crippen LogP contribution < -0.4 is 5.32 Å². The van der Waals surface area contributed by atoms with Gasteiger partial charge in [-0.25, -0.2) is 0 Å². The van der Waals surface area contributed by atoms with Gasteiger partial charge in [-0.3, -0.25) is 9.69 Å². The zero-order valence-corrected chi connectivity index (χ0v) is 18.8. The maximum Gasteiger partial charge on any atom is 0.266 e. The van der Waals surface area contributed by atoms with Gasteiger partial charge in [0.25, 0.3) is 5.91 Å². The van der Waals surface area contributed by atoms with E-state index in [-0.39, 0.29) is 17.5 Å². The second-order valence-electron chi connectivity index (χ2n) is 8.18. The molecule has 1 heterocycles. The summed E-state index contributed by atoms with van der Waals surface area (Å²) in [6.45, 7) is 4.63. The van der Waals surface area contributed by atoms with Crippen LogP contribution in [0, 0.1) is 18.3 Å². The molecule has 33 heavy (non-hydrogen) atoms. The Morgan fingerprint density at radius 1 is 0.879 bits per heavy atom. The molecule has 5 nitrogen and oxygen atoms in total. The summed E-state index contributed by atoms with van der Waals surface area (Å²) in [6.07, 6.45) is 1.52. The standard InChI is InChI=1S/C28H28N4O/c1-22-10-8-9-15-26(22)30-21-25(20-29)28(33)32-18-16-31(17-19-32)27(23-11-4-2-5-12-23)24-13-6-3-7-14-24/h2-15,21,27,30H,16-19H2,1H3/b25-21-. The van der Waals surface area contributed by atoms with E-state index >= 15 is 0 Å². The number of amides is 1. The van der Waals surface area contributed by atoms with Crippen LogP contribution in [0.5, 0.6) is 0 Å². The number of rotatable bonds is 6. The Labute approximate surface area is 195 Å². The Bertz CT molecular complexity index is 1100. The van der Waals surface area contributed by atoms with Crippen molar-refractivity contribution in [2.75, 3.05) is 31.5 Å². The molecule has 1 fully saturated rings. The molecule has 1 saturated heterocycles. The maximum atomic E-state index is 13.0. The van der Waals surface area contributed by atoms with E-state index in [2.05, 4.69) is 64.8 Å². The fourth-order valence-electron chi connectivity index (χ4n) is 4.26. The van der Waals surface area contributed by atoms with Crippen molar-refractivity contribution in [1.29, 1.82) is 5.26 Å². The number of nitriles is 1. The number of para-hydroxylation sites is 1. The SMILES string of the molecule is Cc1ccccc1N/C=C(/C#N)C(=O)N1CCN(C(c2ccccc2)c2ccccc2)CC1. The summed E-state index contributed by atoms with van der Waals surface area (Å²) < 4.78 is 0. The van der Waals surface area contributed by atoms with Gasteiger partial charge in [0.1, 0.15) is 11.6 Å². The molecule has 3 aromatic rings. The molecule has 0 unspecified atom stereocenters. The summed E-state index contributed by atoms with van der Waals surface area (Å²) in [5.74, 6) is -0.228. The quantitative estimate of drug-likeness (QED) is 0.448. The van der Waals surface area contributed by atoms with Gasteiger partial charge >= 0.3 is 0 Å². The second kappa shape index (κ2) is 10.6. The topological polar surface area (TPSA) is 59.4 Å². The molecule has 4 rings (SSSR count). The minimum atomic E-state index is -0.228. The maximum absolute atomic E-state index is 13.0. The Morgan fingerprint density at radius 3 is 1.97 bits per heavy atom. The minimum Gasteiger partial charge on any atom is -0.360 e. The average Bonchev–Trinajstić information content (AvgIpc) is 2.87. The molecule has 3 aromatic carbocycles. The van der Waals surface area contributed by atoms with Gasteiger partial charge in [-0.2, -0.15) is 5.26 Å². The third-order valence-corrected chi connectivity index (χ3v) is 6.07. The first-order valence-corrected chi connectivity index (χ1v) is 11.2. The van der Waals surface area contributed by atoms with Crippen LogP contribution in [0.2, 0.25) is 0 Å². The fourth-order valence-corrected chi connectivity index (χ4v) is 4.26. The fraction of sp³-hybridized carbons (Fsp3) is 0.214. The Morgan fingerprint density at radius 2 is 1.42 bits per heavy atom. The molecule has 166 valence electrons. The van der Waals surface area contributed by atoms with Crippen molar-refractivity contribution >= 4 is 11.6 Å². The van der Waals surface area contributed by atoms with E-state index < -0.39 is 0 Å². The number of aryl methyl sites for hydroxylation is 1. The van der Waals surface area contributed by atoms with Crippen molar-refractivity contribution in [2.45, 2.75) is 13.0 Å². The number of anilines is 1. The highest BCUT2D eigenvalue weighted by atomic mass is 16.2. The monoisotopic (exact) mass is 436 g/mol. The average molecular weight is 437 g/mol. The van der Waals surface area contributed by atoms with Gasteiger partial charge in [0, 0.05) is 38.1 Å². The van der Waals surface area contributed by atoms with Crippen LogP contribution in [-0.4, -0.2) is 41.9 Å². The summed E-state index contributed by atoms with van der Waals surface area (Å²) in [5.41, 5.74) is 4.54. The van der Waals surface area contributed by atoms with Gasteiger partial charge in [0.15, 0.2) is 0 Å². The van der Waals surface area contributed by atoms with Gasteiger partial charge in [-0.05, 0) is 29.7 Å². The summed E-state index contributed by atoms with van der Waals surface area (Å²) in [4.78, 5) is 17.2. The lowest BCUT2D eigenvalue weighted by molar-refractivity contribution is -0.128. The van der Waals surface area contributed by atoms with Crippen molar-refractivity contribution in [3.63, 3.8) is 0 Å². The van der Waals surface area contributed by atoms with Crippen LogP contribution in [0.15, 0.2) is 96.7 Å². The minimum absolute atomic E-state index is 0.120. The van der Waals surface area contributed by atoms with E-state index in [0.717, 1.165) is 24.3 Å². The molecular formula is C28H28N4O. The number of piperazine rings is 1. The molecule has 1 aliphatic rings. The van der Waals surface area contributed by atoms with Gasteiger partial charge in [-0.15, -0.1) is 0 Å². The van der Waals surface area contributed by atoms with E-state index in [1.807, 2.05) is 43.3 Å². The molecule has 0 saturated carbocycles. The molecule has 0 atom stereocenters. The summed E-state index contributed by atoms with van der Waals surface area (Å²) in [7, 11) is 0. The molecular weight excluding hydrogens is 408 g/mol. The highest BCUT2D eigenvalue weighted by molar-refractivity contribution is 5.97. The number of benzene rings is 3. The van der Waals surface area contributed by atoms with Crippen molar-refractivity contribution in [3.8, 4) is 6.07 Å². The van der Waals surface area contributed by atoms with E-state index in [9.17, 15) is 10.1 Å². The van der Waals surface area contributed by atoms with Crippen molar-refractivity contribution in [2.24, 2.45) is 0 Å². The number of nitrogens with one attached hydrogen (secondary N) is 1. The lowest BCUT2D eigenvalue weighted by Gasteiger charge is -2.39. The van der Waals surface area contributed by atoms with Crippen LogP contribution in [0.4, 0.5) is 5.69 Å². The first-order chi connectivity index (χ1) is 16.2. The molecule has 1 N–H and O–H groups in total. The lowest BCUT2D eigenvalue weighted by atomic mass is 9.96. The van der Waals surface area contributed by atoms with Crippen LogP contribution in [-0.2, 0) is 4.79 Å². The summed E-state index contributed by atoms with van der Waals surface area (Å²) in [6, 6.07) is 30.9. The molecule has 0 bridgehead atoms. The van der Waals surface area contributed by atoms with Crippen LogP contribution in [0.3, 0.4) is 0 Å². The second-order valence-corrected chi connectivity index (χ2v) is 8.18. The normalized spacial score (nSPS) is 14.7. The van der Waals surface area contributed by atoms with E-state index in [0.29, 0.717) is 13.1 Å². The molecule has 1 aliphatic heterocycles. The third kappa shape index (κ3) is 5.31. The molecule has 0 aliphatic carbocycles. The lowest BCUT2D eigenvalue weighted by Crippen LogP contribution is -2.50. The molecule has 5 heteroatoms. The first kappa shape index (κ1) is 22.3. The predicted molar refractivity (Wildman–Crippen MR) is 131 cm³/mol. The van der Waals surface area contributed by atoms with E-state index in [1.54, 1.807) is 4.90 Å². The van der Waals surface area contributed by atoms with Gasteiger partial charge in [0.2, 0.25) is 0 Å². The number of hydrogen-bond donors (Lipinski definition) is 1. The Balaban J connectivity index is 1.45. The first-order valence-electron chi connectivity index (χ1n) is 11.2. The Kier molecular flexibility index (Phi) is 7.19. The molecule has 1 amide bonds. The van der Waals surface area contributed by atoms with Crippen molar-refractivity contribution < 1.29 is 4.79 Å². The highest BCUT2D eigenvalue weighted by Crippen LogP contribution is 2.29. The number of carbonyl (C=O) groups excluding carboxylic acids is 1. The zero-order valence-electron chi connectivity index (χ0n) is 18.8. The van der Waals surface area contributed by atoms with Crippen molar-refractivity contribution in [1.82, 2.24) is 9.80 Å². The van der Waals surface area contributed by atoms with Gasteiger partial charge in [0.05, 0.1) is 6.04 Å². The van der Waals surface area contributed by atoms with Crippen LogP contribution in [0.25, 0.3) is 0 Å². The number of hydrogen-bond acceptors (Lipinski definition) is 4. The highest BCUT2D eigenvalue weighted by Gasteiger charge is 2.29. The Hall–Kier alpha value is -3.88. The largest absolute Gasteiger partial charge is 0.360 e. The smallest absolute Gasteiger partial charge is 0.266 e. The number of nitrogens with zero attached hydrogens (tertiary/aromatic N) is 3. The number of carbonyl (C=O) groups is 1. The van der Waals surface area contributed by atoms with E-state index in [1.165, 1.54) is 17.3 Å². The van der Waals surface area contributed by atoms with Gasteiger partial charge < -0.3 is 10.2 Å². The zero-order chi connectivity index (χ0) is 23.0. The van der Waals surface area contributed by atoms with Crippen molar-refractivity contribution in [3.05, 3.63) is 113 Å². The molecule has 0 spiro atoms. The summed E-state index contributed by atoms with van der Waals surface area (Å²) in [5, 5.41) is 12.7. The van der Waals surface area contributed by atoms with Crippen LogP contribution in [0.1, 0.15) is 22.7 Å². The van der Waals surface area contributed by atoms with E-state index in [4.69, 9.17) is 0 Å². The summed E-state index contributed by atoms with van der Waals surface area (Å²) >= 11 is 0. The molecule has 0 aromatic heterocycles. The van der Waals surface area contributed by atoms with Crippen LogP contribution >= 0.6 is 0 Å². The molecule has 0 radical (unpaired) electrons.